The van der Waals surface area contributed by atoms with Crippen molar-refractivity contribution in [2.75, 3.05) is 6.54 Å². The van der Waals surface area contributed by atoms with Crippen LogP contribution in [-0.2, 0) is 0 Å². The SMILES string of the molecule is CCNC(c1ccoc1Cl)c1ccsc1C. The normalized spacial score (nSPS) is 12.9. The van der Waals surface area contributed by atoms with Crippen LogP contribution >= 0.6 is 22.9 Å². The van der Waals surface area contributed by atoms with E-state index in [0.29, 0.717) is 5.22 Å². The van der Waals surface area contributed by atoms with Crippen LogP contribution in [-0.4, -0.2) is 6.54 Å². The molecule has 0 aromatic carbocycles. The number of rotatable bonds is 4. The molecule has 0 radical (unpaired) electrons. The highest BCUT2D eigenvalue weighted by Crippen LogP contribution is 2.32. The highest BCUT2D eigenvalue weighted by molar-refractivity contribution is 7.10. The van der Waals surface area contributed by atoms with E-state index in [9.17, 15) is 0 Å². The van der Waals surface area contributed by atoms with Gasteiger partial charge in [0.05, 0.1) is 12.3 Å². The van der Waals surface area contributed by atoms with Crippen LogP contribution in [0.2, 0.25) is 5.22 Å². The van der Waals surface area contributed by atoms with Crippen molar-refractivity contribution in [3.05, 3.63) is 45.0 Å². The van der Waals surface area contributed by atoms with Gasteiger partial charge in [-0.3, -0.25) is 0 Å². The zero-order valence-corrected chi connectivity index (χ0v) is 10.9. The Bertz CT molecular complexity index is 423. The predicted octanol–water partition coefficient (Wildman–Crippen LogP) is 4.00. The summed E-state index contributed by atoms with van der Waals surface area (Å²) in [6.07, 6.45) is 1.63. The molecular formula is C12H14ClNOS. The summed E-state index contributed by atoms with van der Waals surface area (Å²) in [6, 6.07) is 4.19. The summed E-state index contributed by atoms with van der Waals surface area (Å²) >= 11 is 7.78. The summed E-state index contributed by atoms with van der Waals surface area (Å²) in [5.74, 6) is 0. The van der Waals surface area contributed by atoms with Crippen molar-refractivity contribution in [3.63, 3.8) is 0 Å². The van der Waals surface area contributed by atoms with Crippen LogP contribution in [0.1, 0.15) is 29.0 Å². The summed E-state index contributed by atoms with van der Waals surface area (Å²) in [4.78, 5) is 1.31. The summed E-state index contributed by atoms with van der Waals surface area (Å²) in [5, 5.41) is 6.00. The number of thiophene rings is 1. The first-order valence-electron chi connectivity index (χ1n) is 5.24. The molecule has 0 aliphatic rings. The van der Waals surface area contributed by atoms with Crippen LogP contribution in [0.3, 0.4) is 0 Å². The lowest BCUT2D eigenvalue weighted by Gasteiger charge is -2.16. The molecule has 2 aromatic heterocycles. The van der Waals surface area contributed by atoms with Gasteiger partial charge in [0.15, 0.2) is 5.22 Å². The van der Waals surface area contributed by atoms with Crippen LogP contribution in [0.25, 0.3) is 0 Å². The molecule has 2 rings (SSSR count). The van der Waals surface area contributed by atoms with Crippen LogP contribution in [0, 0.1) is 6.92 Å². The van der Waals surface area contributed by atoms with Gasteiger partial charge in [-0.05, 0) is 48.1 Å². The van der Waals surface area contributed by atoms with E-state index in [-0.39, 0.29) is 6.04 Å². The maximum Gasteiger partial charge on any atom is 0.198 e. The summed E-state index contributed by atoms with van der Waals surface area (Å²) in [6.45, 7) is 5.10. The number of aryl methyl sites for hydroxylation is 1. The molecule has 0 saturated heterocycles. The Morgan fingerprint density at radius 1 is 1.44 bits per heavy atom. The van der Waals surface area contributed by atoms with E-state index in [1.807, 2.05) is 6.07 Å². The summed E-state index contributed by atoms with van der Waals surface area (Å²) < 4.78 is 5.16. The number of nitrogens with one attached hydrogen (secondary N) is 1. The molecule has 2 aromatic rings. The lowest BCUT2D eigenvalue weighted by molar-refractivity contribution is 0.555. The Hall–Kier alpha value is -0.770. The molecule has 0 amide bonds. The molecule has 86 valence electrons. The average Bonchev–Trinajstić information content (AvgIpc) is 2.84. The zero-order valence-electron chi connectivity index (χ0n) is 9.29. The molecule has 1 atom stereocenters. The molecule has 0 bridgehead atoms. The van der Waals surface area contributed by atoms with Crippen LogP contribution in [0.5, 0.6) is 0 Å². The van der Waals surface area contributed by atoms with Crippen LogP contribution < -0.4 is 5.32 Å². The molecule has 0 aliphatic heterocycles. The molecule has 0 aliphatic carbocycles. The second kappa shape index (κ2) is 5.04. The van der Waals surface area contributed by atoms with Gasteiger partial charge in [0.25, 0.3) is 0 Å². The maximum absolute atomic E-state index is 6.04. The summed E-state index contributed by atoms with van der Waals surface area (Å²) in [5.41, 5.74) is 2.28. The highest BCUT2D eigenvalue weighted by atomic mass is 35.5. The fraction of sp³-hybridized carbons (Fsp3) is 0.333. The molecule has 2 heterocycles. The minimum atomic E-state index is 0.127. The maximum atomic E-state index is 6.04. The molecule has 2 nitrogen and oxygen atoms in total. The van der Waals surface area contributed by atoms with Crippen molar-refractivity contribution in [1.29, 1.82) is 0 Å². The minimum absolute atomic E-state index is 0.127. The minimum Gasteiger partial charge on any atom is -0.453 e. The Morgan fingerprint density at radius 2 is 2.25 bits per heavy atom. The monoisotopic (exact) mass is 255 g/mol. The Morgan fingerprint density at radius 3 is 2.75 bits per heavy atom. The fourth-order valence-electron chi connectivity index (χ4n) is 1.80. The molecular weight excluding hydrogens is 242 g/mol. The number of halogens is 1. The first-order valence-corrected chi connectivity index (χ1v) is 6.50. The van der Waals surface area contributed by atoms with E-state index >= 15 is 0 Å². The fourth-order valence-corrected chi connectivity index (χ4v) is 2.76. The summed E-state index contributed by atoms with van der Waals surface area (Å²) in [7, 11) is 0. The van der Waals surface area contributed by atoms with Gasteiger partial charge in [-0.25, -0.2) is 0 Å². The third kappa shape index (κ3) is 2.17. The van der Waals surface area contributed by atoms with Gasteiger partial charge in [-0.1, -0.05) is 6.92 Å². The Labute approximate surface area is 104 Å². The van der Waals surface area contributed by atoms with E-state index in [1.165, 1.54) is 10.4 Å². The first kappa shape index (κ1) is 11.7. The first-order chi connectivity index (χ1) is 7.74. The quantitative estimate of drug-likeness (QED) is 0.893. The smallest absolute Gasteiger partial charge is 0.198 e. The molecule has 0 spiro atoms. The van der Waals surface area contributed by atoms with Gasteiger partial charge in [-0.15, -0.1) is 11.3 Å². The van der Waals surface area contributed by atoms with Gasteiger partial charge >= 0.3 is 0 Å². The van der Waals surface area contributed by atoms with Gasteiger partial charge in [0.1, 0.15) is 0 Å². The van der Waals surface area contributed by atoms with Crippen LogP contribution in [0.4, 0.5) is 0 Å². The molecule has 1 N–H and O–H groups in total. The lowest BCUT2D eigenvalue weighted by atomic mass is 10.0. The van der Waals surface area contributed by atoms with Gasteiger partial charge in [0.2, 0.25) is 0 Å². The number of hydrogen-bond donors (Lipinski definition) is 1. The molecule has 16 heavy (non-hydrogen) atoms. The molecule has 1 unspecified atom stereocenters. The van der Waals surface area contributed by atoms with Crippen molar-refractivity contribution < 1.29 is 4.42 Å². The highest BCUT2D eigenvalue weighted by Gasteiger charge is 2.20. The standard InChI is InChI=1S/C12H14ClNOS/c1-3-14-11(9-5-7-16-8(9)2)10-4-6-15-12(10)13/h4-7,11,14H,3H2,1-2H3. The van der Waals surface area contributed by atoms with Crippen molar-refractivity contribution in [3.8, 4) is 0 Å². The average molecular weight is 256 g/mol. The Kier molecular flexibility index (Phi) is 3.69. The van der Waals surface area contributed by atoms with Gasteiger partial charge < -0.3 is 9.73 Å². The van der Waals surface area contributed by atoms with Crippen molar-refractivity contribution >= 4 is 22.9 Å². The topological polar surface area (TPSA) is 25.2 Å². The third-order valence-electron chi connectivity index (χ3n) is 2.58. The van der Waals surface area contributed by atoms with E-state index in [2.05, 4.69) is 30.6 Å². The van der Waals surface area contributed by atoms with E-state index in [4.69, 9.17) is 16.0 Å². The van der Waals surface area contributed by atoms with Crippen molar-refractivity contribution in [2.45, 2.75) is 19.9 Å². The van der Waals surface area contributed by atoms with Gasteiger partial charge in [-0.2, -0.15) is 0 Å². The molecule has 0 fully saturated rings. The van der Waals surface area contributed by atoms with E-state index < -0.39 is 0 Å². The van der Waals surface area contributed by atoms with E-state index in [1.54, 1.807) is 17.6 Å². The lowest BCUT2D eigenvalue weighted by Crippen LogP contribution is -2.21. The second-order valence-electron chi connectivity index (χ2n) is 3.57. The second-order valence-corrected chi connectivity index (χ2v) is 5.04. The zero-order chi connectivity index (χ0) is 11.5. The largest absolute Gasteiger partial charge is 0.453 e. The van der Waals surface area contributed by atoms with Crippen LogP contribution in [0.15, 0.2) is 28.2 Å². The number of furan rings is 1. The molecule has 0 saturated carbocycles. The predicted molar refractivity (Wildman–Crippen MR) is 68.3 cm³/mol. The number of hydrogen-bond acceptors (Lipinski definition) is 3. The molecule has 4 heteroatoms. The van der Waals surface area contributed by atoms with Crippen molar-refractivity contribution in [1.82, 2.24) is 5.32 Å². The third-order valence-corrected chi connectivity index (χ3v) is 3.74. The van der Waals surface area contributed by atoms with Gasteiger partial charge in [0, 0.05) is 10.4 Å². The van der Waals surface area contributed by atoms with E-state index in [0.717, 1.165) is 12.1 Å². The Balaban J connectivity index is 2.39. The van der Waals surface area contributed by atoms with Crippen molar-refractivity contribution in [2.24, 2.45) is 0 Å².